The van der Waals surface area contributed by atoms with Gasteiger partial charge in [0, 0.05) is 32.4 Å². The quantitative estimate of drug-likeness (QED) is 0.890. The van der Waals surface area contributed by atoms with Crippen LogP contribution in [0.3, 0.4) is 0 Å². The van der Waals surface area contributed by atoms with Crippen molar-refractivity contribution in [3.63, 3.8) is 0 Å². The van der Waals surface area contributed by atoms with E-state index in [1.807, 2.05) is 4.90 Å². The summed E-state index contributed by atoms with van der Waals surface area (Å²) in [5.41, 5.74) is 7.11. The van der Waals surface area contributed by atoms with Gasteiger partial charge in [0.2, 0.25) is 5.91 Å². The van der Waals surface area contributed by atoms with E-state index in [4.69, 9.17) is 5.73 Å². The smallest absolute Gasteiger partial charge is 0.396 e. The number of carbonyl (C=O) groups is 1. The Bertz CT molecular complexity index is 484. The number of nitrogen functional groups attached to an aromatic ring is 1. The number of anilines is 2. The highest BCUT2D eigenvalue weighted by atomic mass is 19.4. The highest BCUT2D eigenvalue weighted by molar-refractivity contribution is 5.77. The predicted molar refractivity (Wildman–Crippen MR) is 68.1 cm³/mol. The number of nitrogens with zero attached hydrogens (tertiary/aromatic N) is 3. The Labute approximate surface area is 114 Å². The van der Waals surface area contributed by atoms with Gasteiger partial charge in [-0.1, -0.05) is 0 Å². The molecule has 0 radical (unpaired) electrons. The summed E-state index contributed by atoms with van der Waals surface area (Å²) in [6.07, 6.45) is -2.72. The largest absolute Gasteiger partial charge is 0.397 e. The maximum Gasteiger partial charge on any atom is 0.397 e. The molecule has 0 bridgehead atoms. The molecule has 0 atom stereocenters. The van der Waals surface area contributed by atoms with Crippen LogP contribution in [0.25, 0.3) is 0 Å². The molecule has 0 aliphatic carbocycles. The number of carbonyl (C=O) groups excluding carboxylic acids is 1. The molecule has 1 aromatic heterocycles. The van der Waals surface area contributed by atoms with Gasteiger partial charge in [-0.05, 0) is 6.07 Å². The zero-order valence-electron chi connectivity index (χ0n) is 10.7. The lowest BCUT2D eigenvalue weighted by atomic mass is 10.2. The summed E-state index contributed by atoms with van der Waals surface area (Å²) in [5.74, 6) is -0.875. The third-order valence-electron chi connectivity index (χ3n) is 3.15. The van der Waals surface area contributed by atoms with Crippen molar-refractivity contribution in [2.75, 3.05) is 36.8 Å². The van der Waals surface area contributed by atoms with Crippen molar-refractivity contribution in [1.82, 2.24) is 9.88 Å². The maximum atomic E-state index is 12.2. The predicted octanol–water partition coefficient (Wildman–Crippen LogP) is 1.26. The molecule has 0 saturated carbocycles. The molecule has 8 heteroatoms. The van der Waals surface area contributed by atoms with Gasteiger partial charge in [-0.15, -0.1) is 0 Å². The Hall–Kier alpha value is -1.99. The summed E-state index contributed by atoms with van der Waals surface area (Å²) in [6.45, 7) is 1.43. The molecule has 1 aliphatic rings. The number of nitrogens with two attached hydrogens (primary N) is 1. The van der Waals surface area contributed by atoms with E-state index in [9.17, 15) is 18.0 Å². The van der Waals surface area contributed by atoms with Crippen molar-refractivity contribution in [2.45, 2.75) is 12.6 Å². The molecule has 1 aromatic rings. The summed E-state index contributed by atoms with van der Waals surface area (Å²) in [4.78, 5) is 18.5. The molecule has 2 N–H and O–H groups in total. The van der Waals surface area contributed by atoms with Crippen molar-refractivity contribution < 1.29 is 18.0 Å². The number of rotatable bonds is 2. The van der Waals surface area contributed by atoms with Crippen LogP contribution in [0.2, 0.25) is 0 Å². The van der Waals surface area contributed by atoms with E-state index in [2.05, 4.69) is 4.98 Å². The van der Waals surface area contributed by atoms with Crippen LogP contribution in [0.1, 0.15) is 6.42 Å². The van der Waals surface area contributed by atoms with Crippen LogP contribution in [0.4, 0.5) is 24.5 Å². The Morgan fingerprint density at radius 1 is 1.30 bits per heavy atom. The molecule has 20 heavy (non-hydrogen) atoms. The van der Waals surface area contributed by atoms with Gasteiger partial charge < -0.3 is 15.5 Å². The monoisotopic (exact) mass is 288 g/mol. The van der Waals surface area contributed by atoms with Crippen LogP contribution in [0.15, 0.2) is 18.5 Å². The SMILES string of the molecule is Nc1cnccc1N1CCN(C(=O)CC(F)(F)F)CC1. The second-order valence-corrected chi connectivity index (χ2v) is 4.59. The fraction of sp³-hybridized carbons (Fsp3) is 0.500. The van der Waals surface area contributed by atoms with Crippen molar-refractivity contribution in [3.05, 3.63) is 18.5 Å². The second kappa shape index (κ2) is 5.56. The fourth-order valence-corrected chi connectivity index (χ4v) is 2.17. The number of pyridine rings is 1. The minimum Gasteiger partial charge on any atom is -0.396 e. The maximum absolute atomic E-state index is 12.2. The Morgan fingerprint density at radius 3 is 2.50 bits per heavy atom. The molecular formula is C12H15F3N4O. The van der Waals surface area contributed by atoms with Crippen LogP contribution < -0.4 is 10.6 Å². The molecule has 0 unspecified atom stereocenters. The normalized spacial score (nSPS) is 16.4. The Morgan fingerprint density at radius 2 is 1.95 bits per heavy atom. The molecule has 1 saturated heterocycles. The van der Waals surface area contributed by atoms with Gasteiger partial charge in [-0.25, -0.2) is 0 Å². The van der Waals surface area contributed by atoms with Crippen LogP contribution in [-0.2, 0) is 4.79 Å². The first-order chi connectivity index (χ1) is 9.37. The lowest BCUT2D eigenvalue weighted by Gasteiger charge is -2.36. The second-order valence-electron chi connectivity index (χ2n) is 4.59. The van der Waals surface area contributed by atoms with Gasteiger partial charge in [-0.2, -0.15) is 13.2 Å². The van der Waals surface area contributed by atoms with Gasteiger partial charge in [0.15, 0.2) is 0 Å². The van der Waals surface area contributed by atoms with Crippen LogP contribution in [0.5, 0.6) is 0 Å². The first-order valence-corrected chi connectivity index (χ1v) is 6.16. The number of halogens is 3. The third kappa shape index (κ3) is 3.52. The van der Waals surface area contributed by atoms with Gasteiger partial charge in [0.1, 0.15) is 6.42 Å². The molecule has 0 spiro atoms. The fourth-order valence-electron chi connectivity index (χ4n) is 2.17. The first kappa shape index (κ1) is 14.4. The van der Waals surface area contributed by atoms with Crippen molar-refractivity contribution in [2.24, 2.45) is 0 Å². The first-order valence-electron chi connectivity index (χ1n) is 6.16. The van der Waals surface area contributed by atoms with Crippen molar-refractivity contribution >= 4 is 17.3 Å². The average Bonchev–Trinajstić information content (AvgIpc) is 2.37. The van der Waals surface area contributed by atoms with E-state index < -0.39 is 18.5 Å². The molecule has 1 aliphatic heterocycles. The average molecular weight is 288 g/mol. The van der Waals surface area contributed by atoms with Gasteiger partial charge in [-0.3, -0.25) is 9.78 Å². The molecular weight excluding hydrogens is 273 g/mol. The van der Waals surface area contributed by atoms with E-state index in [0.29, 0.717) is 18.8 Å². The Balaban J connectivity index is 1.93. The lowest BCUT2D eigenvalue weighted by molar-refractivity contribution is -0.161. The summed E-state index contributed by atoms with van der Waals surface area (Å²) < 4.78 is 36.5. The molecule has 2 rings (SSSR count). The van der Waals surface area contributed by atoms with E-state index in [1.165, 1.54) is 11.1 Å². The Kier molecular flexibility index (Phi) is 4.01. The molecule has 1 fully saturated rings. The van der Waals surface area contributed by atoms with E-state index in [1.54, 1.807) is 12.3 Å². The zero-order valence-corrected chi connectivity index (χ0v) is 10.7. The summed E-state index contributed by atoms with van der Waals surface area (Å²) >= 11 is 0. The van der Waals surface area contributed by atoms with E-state index in [0.717, 1.165) is 5.69 Å². The minimum absolute atomic E-state index is 0.261. The lowest BCUT2D eigenvalue weighted by Crippen LogP contribution is -2.49. The molecule has 110 valence electrons. The minimum atomic E-state index is -4.45. The third-order valence-corrected chi connectivity index (χ3v) is 3.15. The van der Waals surface area contributed by atoms with Crippen LogP contribution >= 0.6 is 0 Å². The van der Waals surface area contributed by atoms with E-state index >= 15 is 0 Å². The molecule has 1 amide bonds. The van der Waals surface area contributed by atoms with Crippen LogP contribution in [-0.4, -0.2) is 48.1 Å². The summed E-state index contributed by atoms with van der Waals surface area (Å²) in [7, 11) is 0. The number of amides is 1. The number of hydrogen-bond acceptors (Lipinski definition) is 4. The van der Waals surface area contributed by atoms with Crippen molar-refractivity contribution in [3.8, 4) is 0 Å². The van der Waals surface area contributed by atoms with E-state index in [-0.39, 0.29) is 13.1 Å². The zero-order chi connectivity index (χ0) is 14.8. The summed E-state index contributed by atoms with van der Waals surface area (Å²) in [5, 5.41) is 0. The van der Waals surface area contributed by atoms with Crippen LogP contribution in [0, 0.1) is 0 Å². The highest BCUT2D eigenvalue weighted by Gasteiger charge is 2.34. The van der Waals surface area contributed by atoms with Gasteiger partial charge >= 0.3 is 6.18 Å². The number of alkyl halides is 3. The molecule has 2 heterocycles. The number of hydrogen-bond donors (Lipinski definition) is 1. The number of aromatic nitrogens is 1. The van der Waals surface area contributed by atoms with Gasteiger partial charge in [0.25, 0.3) is 0 Å². The van der Waals surface area contributed by atoms with Gasteiger partial charge in [0.05, 0.1) is 17.6 Å². The standard InChI is InChI=1S/C12H15F3N4O/c13-12(14,15)7-11(20)19-5-3-18(4-6-19)10-1-2-17-8-9(10)16/h1-2,8H,3-7,16H2. The number of piperazine rings is 1. The van der Waals surface area contributed by atoms with Crippen molar-refractivity contribution in [1.29, 1.82) is 0 Å². The topological polar surface area (TPSA) is 62.5 Å². The highest BCUT2D eigenvalue weighted by Crippen LogP contribution is 2.24. The molecule has 0 aromatic carbocycles. The summed E-state index contributed by atoms with van der Waals surface area (Å²) in [6, 6.07) is 1.75. The molecule has 5 nitrogen and oxygen atoms in total.